The minimum Gasteiger partial charge on any atom is -0.378 e. The maximum absolute atomic E-state index is 5.95. The summed E-state index contributed by atoms with van der Waals surface area (Å²) in [7, 11) is 0. The fourth-order valence-corrected chi connectivity index (χ4v) is 2.65. The second-order valence-electron chi connectivity index (χ2n) is 4.89. The zero-order chi connectivity index (χ0) is 10.9. The Balaban J connectivity index is 2.02. The molecule has 1 saturated carbocycles. The maximum atomic E-state index is 5.95. The molecule has 1 rings (SSSR count). The molecule has 1 unspecified atom stereocenters. The van der Waals surface area contributed by atoms with Crippen molar-refractivity contribution in [3.8, 4) is 0 Å². The van der Waals surface area contributed by atoms with E-state index in [0.29, 0.717) is 6.10 Å². The zero-order valence-corrected chi connectivity index (χ0v) is 11.0. The predicted octanol–water partition coefficient (Wildman–Crippen LogP) is 4.07. The first-order valence-electron chi connectivity index (χ1n) is 6.55. The molecule has 2 heteroatoms. The Morgan fingerprint density at radius 2 is 1.80 bits per heavy atom. The lowest BCUT2D eigenvalue weighted by atomic mass is 10.1. The van der Waals surface area contributed by atoms with Gasteiger partial charge < -0.3 is 4.74 Å². The van der Waals surface area contributed by atoms with E-state index in [1.807, 2.05) is 0 Å². The summed E-state index contributed by atoms with van der Waals surface area (Å²) in [5, 5.41) is 0. The van der Waals surface area contributed by atoms with E-state index in [1.165, 1.54) is 51.4 Å². The minimum atomic E-state index is 0.565. The van der Waals surface area contributed by atoms with E-state index >= 15 is 0 Å². The van der Waals surface area contributed by atoms with Crippen LogP contribution in [0.15, 0.2) is 0 Å². The van der Waals surface area contributed by atoms with E-state index in [9.17, 15) is 0 Å². The van der Waals surface area contributed by atoms with E-state index in [-0.39, 0.29) is 0 Å². The molecule has 0 N–H and O–H groups in total. The van der Waals surface area contributed by atoms with E-state index in [0.717, 1.165) is 18.3 Å². The van der Waals surface area contributed by atoms with Crippen molar-refractivity contribution >= 4 is 12.6 Å². The van der Waals surface area contributed by atoms with Crippen molar-refractivity contribution in [1.82, 2.24) is 0 Å². The summed E-state index contributed by atoms with van der Waals surface area (Å²) in [6.45, 7) is 3.26. The van der Waals surface area contributed by atoms with Crippen molar-refractivity contribution in [2.45, 2.75) is 64.4 Å². The number of hydrogen-bond acceptors (Lipinski definition) is 2. The highest BCUT2D eigenvalue weighted by Crippen LogP contribution is 2.20. The summed E-state index contributed by atoms with van der Waals surface area (Å²) in [5.41, 5.74) is 0. The summed E-state index contributed by atoms with van der Waals surface area (Å²) in [4.78, 5) is 0. The van der Waals surface area contributed by atoms with Gasteiger partial charge in [0.1, 0.15) is 0 Å². The first kappa shape index (κ1) is 13.4. The molecule has 0 amide bonds. The van der Waals surface area contributed by atoms with Crippen molar-refractivity contribution in [3.63, 3.8) is 0 Å². The van der Waals surface area contributed by atoms with Crippen LogP contribution in [0.2, 0.25) is 0 Å². The molecule has 90 valence electrons. The van der Waals surface area contributed by atoms with E-state index in [4.69, 9.17) is 4.74 Å². The molecule has 1 aliphatic carbocycles. The lowest BCUT2D eigenvalue weighted by molar-refractivity contribution is 0.0359. The van der Waals surface area contributed by atoms with Crippen molar-refractivity contribution in [2.75, 3.05) is 12.4 Å². The maximum Gasteiger partial charge on any atom is 0.0575 e. The van der Waals surface area contributed by atoms with Crippen LogP contribution in [-0.2, 0) is 4.74 Å². The second kappa shape index (κ2) is 8.46. The molecule has 15 heavy (non-hydrogen) atoms. The third-order valence-corrected chi connectivity index (χ3v) is 3.65. The van der Waals surface area contributed by atoms with Crippen LogP contribution in [0, 0.1) is 5.92 Å². The first-order chi connectivity index (χ1) is 7.33. The molecule has 0 aliphatic heterocycles. The highest BCUT2D eigenvalue weighted by molar-refractivity contribution is 7.80. The Labute approximate surface area is 100 Å². The summed E-state index contributed by atoms with van der Waals surface area (Å²) in [6, 6.07) is 0. The SMILES string of the molecule is CC(CCS)CCOC1CCCCCC1. The molecule has 1 atom stereocenters. The van der Waals surface area contributed by atoms with Gasteiger partial charge in [0.15, 0.2) is 0 Å². The van der Waals surface area contributed by atoms with Crippen LogP contribution in [-0.4, -0.2) is 18.5 Å². The summed E-state index contributed by atoms with van der Waals surface area (Å²) >= 11 is 4.26. The third kappa shape index (κ3) is 6.47. The van der Waals surface area contributed by atoms with Crippen LogP contribution in [0.5, 0.6) is 0 Å². The van der Waals surface area contributed by atoms with E-state index in [1.54, 1.807) is 0 Å². The van der Waals surface area contributed by atoms with E-state index < -0.39 is 0 Å². The summed E-state index contributed by atoms with van der Waals surface area (Å²) in [5.74, 6) is 1.78. The third-order valence-electron chi connectivity index (χ3n) is 3.39. The Hall–Kier alpha value is 0.310. The average Bonchev–Trinajstić information content (AvgIpc) is 2.47. The molecule has 1 aliphatic rings. The first-order valence-corrected chi connectivity index (χ1v) is 7.18. The summed E-state index contributed by atoms with van der Waals surface area (Å²) in [6.07, 6.45) is 11.1. The van der Waals surface area contributed by atoms with Crippen LogP contribution in [0.4, 0.5) is 0 Å². The molecule has 1 nitrogen and oxygen atoms in total. The van der Waals surface area contributed by atoms with Gasteiger partial charge in [-0.3, -0.25) is 0 Å². The highest BCUT2D eigenvalue weighted by Gasteiger charge is 2.12. The quantitative estimate of drug-likeness (QED) is 0.534. The Morgan fingerprint density at radius 3 is 2.40 bits per heavy atom. The van der Waals surface area contributed by atoms with Crippen LogP contribution < -0.4 is 0 Å². The number of rotatable bonds is 6. The van der Waals surface area contributed by atoms with Gasteiger partial charge in [-0.15, -0.1) is 0 Å². The molecular weight excluding hydrogens is 204 g/mol. The van der Waals surface area contributed by atoms with Crippen molar-refractivity contribution < 1.29 is 4.74 Å². The van der Waals surface area contributed by atoms with Crippen molar-refractivity contribution in [2.24, 2.45) is 5.92 Å². The fourth-order valence-electron chi connectivity index (χ4n) is 2.21. The van der Waals surface area contributed by atoms with Crippen LogP contribution >= 0.6 is 12.6 Å². The molecule has 0 radical (unpaired) electrons. The molecule has 0 aromatic heterocycles. The molecule has 0 aromatic rings. The van der Waals surface area contributed by atoms with Crippen LogP contribution in [0.1, 0.15) is 58.3 Å². The molecule has 0 aromatic carbocycles. The zero-order valence-electron chi connectivity index (χ0n) is 10.1. The van der Waals surface area contributed by atoms with Gasteiger partial charge in [0, 0.05) is 6.61 Å². The minimum absolute atomic E-state index is 0.565. The van der Waals surface area contributed by atoms with Crippen LogP contribution in [0.25, 0.3) is 0 Å². The summed E-state index contributed by atoms with van der Waals surface area (Å²) < 4.78 is 5.95. The molecule has 1 fully saturated rings. The van der Waals surface area contributed by atoms with Gasteiger partial charge in [-0.1, -0.05) is 32.6 Å². The largest absolute Gasteiger partial charge is 0.378 e. The van der Waals surface area contributed by atoms with Gasteiger partial charge in [-0.05, 0) is 37.4 Å². The van der Waals surface area contributed by atoms with Crippen molar-refractivity contribution in [1.29, 1.82) is 0 Å². The molecule has 0 spiro atoms. The molecule has 0 bridgehead atoms. The Kier molecular flexibility index (Phi) is 7.54. The smallest absolute Gasteiger partial charge is 0.0575 e. The normalized spacial score (nSPS) is 21.2. The highest BCUT2D eigenvalue weighted by atomic mass is 32.1. The Bertz CT molecular complexity index is 141. The van der Waals surface area contributed by atoms with Crippen molar-refractivity contribution in [3.05, 3.63) is 0 Å². The monoisotopic (exact) mass is 230 g/mol. The molecule has 0 heterocycles. The van der Waals surface area contributed by atoms with E-state index in [2.05, 4.69) is 19.6 Å². The van der Waals surface area contributed by atoms with Crippen LogP contribution in [0.3, 0.4) is 0 Å². The average molecular weight is 230 g/mol. The van der Waals surface area contributed by atoms with Gasteiger partial charge in [-0.2, -0.15) is 12.6 Å². The Morgan fingerprint density at radius 1 is 1.13 bits per heavy atom. The number of ether oxygens (including phenoxy) is 1. The van der Waals surface area contributed by atoms with Gasteiger partial charge in [0.2, 0.25) is 0 Å². The standard InChI is InChI=1S/C13H26OS/c1-12(9-11-15)8-10-14-13-6-4-2-3-5-7-13/h12-13,15H,2-11H2,1H3. The molecule has 0 saturated heterocycles. The number of hydrogen-bond donors (Lipinski definition) is 1. The second-order valence-corrected chi connectivity index (χ2v) is 5.34. The fraction of sp³-hybridized carbons (Fsp3) is 1.00. The lowest BCUT2D eigenvalue weighted by Gasteiger charge is -2.17. The van der Waals surface area contributed by atoms with Gasteiger partial charge in [-0.25, -0.2) is 0 Å². The van der Waals surface area contributed by atoms with Gasteiger partial charge in [0.05, 0.1) is 6.10 Å². The van der Waals surface area contributed by atoms with Gasteiger partial charge in [0.25, 0.3) is 0 Å². The predicted molar refractivity (Wildman–Crippen MR) is 69.7 cm³/mol. The molecular formula is C13H26OS. The lowest BCUT2D eigenvalue weighted by Crippen LogP contribution is -2.14. The topological polar surface area (TPSA) is 9.23 Å². The number of thiol groups is 1. The van der Waals surface area contributed by atoms with Gasteiger partial charge >= 0.3 is 0 Å².